The Balaban J connectivity index is 2.20. The average Bonchev–Trinajstić information content (AvgIpc) is 2.78. The predicted molar refractivity (Wildman–Crippen MR) is 70.7 cm³/mol. The zero-order valence-electron chi connectivity index (χ0n) is 10.8. The van der Waals surface area contributed by atoms with Crippen molar-refractivity contribution in [1.82, 2.24) is 15.1 Å². The Bertz CT molecular complexity index is 502. The number of hydrogen-bond acceptors (Lipinski definition) is 2. The summed E-state index contributed by atoms with van der Waals surface area (Å²) in [6.07, 6.45) is 1.58. The van der Waals surface area contributed by atoms with Gasteiger partial charge >= 0.3 is 0 Å². The van der Waals surface area contributed by atoms with E-state index in [2.05, 4.69) is 17.3 Å². The van der Waals surface area contributed by atoms with Crippen molar-refractivity contribution in [1.29, 1.82) is 0 Å². The summed E-state index contributed by atoms with van der Waals surface area (Å²) in [7, 11) is 0. The van der Waals surface area contributed by atoms with Crippen LogP contribution in [-0.2, 0) is 13.1 Å². The van der Waals surface area contributed by atoms with Gasteiger partial charge in [0.1, 0.15) is 0 Å². The molecule has 0 saturated heterocycles. The molecule has 1 N–H and O–H groups in total. The lowest BCUT2D eigenvalue weighted by atomic mass is 10.1. The van der Waals surface area contributed by atoms with Crippen LogP contribution in [0.25, 0.3) is 11.1 Å². The summed E-state index contributed by atoms with van der Waals surface area (Å²) in [5, 5.41) is 7.27. The SMILES string of the molecule is CCNCc1ccc(-c2cnn(CC)c2F)cc1. The summed E-state index contributed by atoms with van der Waals surface area (Å²) in [5.41, 5.74) is 2.63. The van der Waals surface area contributed by atoms with Crippen LogP contribution in [0.15, 0.2) is 30.5 Å². The van der Waals surface area contributed by atoms with Crippen molar-refractivity contribution in [3.8, 4) is 11.1 Å². The van der Waals surface area contributed by atoms with Gasteiger partial charge in [-0.1, -0.05) is 31.2 Å². The van der Waals surface area contributed by atoms with E-state index in [9.17, 15) is 4.39 Å². The molecule has 96 valence electrons. The lowest BCUT2D eigenvalue weighted by Crippen LogP contribution is -2.11. The first-order valence-electron chi connectivity index (χ1n) is 6.27. The molecule has 0 atom stereocenters. The first kappa shape index (κ1) is 12.8. The Labute approximate surface area is 107 Å². The second-order valence-electron chi connectivity index (χ2n) is 4.14. The van der Waals surface area contributed by atoms with E-state index < -0.39 is 0 Å². The van der Waals surface area contributed by atoms with Crippen LogP contribution in [0.3, 0.4) is 0 Å². The van der Waals surface area contributed by atoms with Gasteiger partial charge in [0.15, 0.2) is 0 Å². The van der Waals surface area contributed by atoms with Gasteiger partial charge in [-0.25, -0.2) is 4.68 Å². The summed E-state index contributed by atoms with van der Waals surface area (Å²) in [6, 6.07) is 7.90. The van der Waals surface area contributed by atoms with Crippen LogP contribution in [0.5, 0.6) is 0 Å². The van der Waals surface area contributed by atoms with Gasteiger partial charge in [0, 0.05) is 13.1 Å². The number of nitrogens with one attached hydrogen (secondary N) is 1. The Morgan fingerprint density at radius 3 is 2.50 bits per heavy atom. The fourth-order valence-corrected chi connectivity index (χ4v) is 1.86. The zero-order chi connectivity index (χ0) is 13.0. The van der Waals surface area contributed by atoms with Crippen molar-refractivity contribution >= 4 is 0 Å². The minimum Gasteiger partial charge on any atom is -0.313 e. The van der Waals surface area contributed by atoms with Crippen molar-refractivity contribution in [3.05, 3.63) is 42.0 Å². The van der Waals surface area contributed by atoms with Gasteiger partial charge in [-0.2, -0.15) is 9.49 Å². The molecule has 0 fully saturated rings. The number of hydrogen-bond donors (Lipinski definition) is 1. The molecule has 0 aliphatic rings. The highest BCUT2D eigenvalue weighted by Gasteiger charge is 2.10. The maximum Gasteiger partial charge on any atom is 0.219 e. The third-order valence-corrected chi connectivity index (χ3v) is 2.92. The second kappa shape index (κ2) is 5.78. The van der Waals surface area contributed by atoms with E-state index >= 15 is 0 Å². The maximum atomic E-state index is 13.9. The zero-order valence-corrected chi connectivity index (χ0v) is 10.8. The van der Waals surface area contributed by atoms with E-state index in [0.29, 0.717) is 12.1 Å². The highest BCUT2D eigenvalue weighted by atomic mass is 19.1. The fourth-order valence-electron chi connectivity index (χ4n) is 1.86. The molecule has 1 aromatic carbocycles. The largest absolute Gasteiger partial charge is 0.313 e. The van der Waals surface area contributed by atoms with Gasteiger partial charge in [0.2, 0.25) is 5.95 Å². The van der Waals surface area contributed by atoms with Crippen LogP contribution in [0.4, 0.5) is 4.39 Å². The highest BCUT2D eigenvalue weighted by Crippen LogP contribution is 2.22. The molecule has 2 aromatic rings. The van der Waals surface area contributed by atoms with E-state index in [1.165, 1.54) is 10.2 Å². The van der Waals surface area contributed by atoms with E-state index in [-0.39, 0.29) is 5.95 Å². The molecule has 1 heterocycles. The van der Waals surface area contributed by atoms with Gasteiger partial charge in [0.25, 0.3) is 0 Å². The third kappa shape index (κ3) is 2.59. The summed E-state index contributed by atoms with van der Waals surface area (Å²) in [5.74, 6) is -0.267. The highest BCUT2D eigenvalue weighted by molar-refractivity contribution is 5.62. The van der Waals surface area contributed by atoms with E-state index in [1.807, 2.05) is 31.2 Å². The molecule has 0 saturated carbocycles. The van der Waals surface area contributed by atoms with E-state index in [0.717, 1.165) is 18.7 Å². The van der Waals surface area contributed by atoms with Crippen LogP contribution in [0, 0.1) is 5.95 Å². The molecule has 0 amide bonds. The quantitative estimate of drug-likeness (QED) is 0.880. The summed E-state index contributed by atoms with van der Waals surface area (Å²) in [6.45, 7) is 6.28. The van der Waals surface area contributed by atoms with Gasteiger partial charge in [-0.05, 0) is 24.6 Å². The second-order valence-corrected chi connectivity index (χ2v) is 4.14. The number of benzene rings is 1. The number of aryl methyl sites for hydroxylation is 1. The van der Waals surface area contributed by atoms with Gasteiger partial charge in [0.05, 0.1) is 11.8 Å². The number of aromatic nitrogens is 2. The molecule has 18 heavy (non-hydrogen) atoms. The Kier molecular flexibility index (Phi) is 4.10. The van der Waals surface area contributed by atoms with Crippen molar-refractivity contribution in [2.24, 2.45) is 0 Å². The van der Waals surface area contributed by atoms with E-state index in [1.54, 1.807) is 6.20 Å². The summed E-state index contributed by atoms with van der Waals surface area (Å²) in [4.78, 5) is 0. The molecule has 3 nitrogen and oxygen atoms in total. The summed E-state index contributed by atoms with van der Waals surface area (Å²) < 4.78 is 15.3. The third-order valence-electron chi connectivity index (χ3n) is 2.92. The van der Waals surface area contributed by atoms with Crippen LogP contribution in [-0.4, -0.2) is 16.3 Å². The van der Waals surface area contributed by atoms with Crippen molar-refractivity contribution < 1.29 is 4.39 Å². The lowest BCUT2D eigenvalue weighted by Gasteiger charge is -2.04. The molecule has 0 unspecified atom stereocenters. The van der Waals surface area contributed by atoms with Crippen molar-refractivity contribution in [2.75, 3.05) is 6.54 Å². The molecule has 0 bridgehead atoms. The maximum absolute atomic E-state index is 13.9. The van der Waals surface area contributed by atoms with E-state index in [4.69, 9.17) is 0 Å². The van der Waals surface area contributed by atoms with Gasteiger partial charge in [-0.3, -0.25) is 0 Å². The first-order chi connectivity index (χ1) is 8.76. The van der Waals surface area contributed by atoms with Crippen LogP contribution >= 0.6 is 0 Å². The molecular formula is C14H18FN3. The molecule has 0 radical (unpaired) electrons. The fraction of sp³-hybridized carbons (Fsp3) is 0.357. The standard InChI is InChI=1S/C14H18FN3/c1-3-16-9-11-5-7-12(8-6-11)13-10-17-18(4-2)14(13)15/h5-8,10,16H,3-4,9H2,1-2H3. The van der Waals surface area contributed by atoms with Crippen molar-refractivity contribution in [2.45, 2.75) is 26.9 Å². The summed E-state index contributed by atoms with van der Waals surface area (Å²) >= 11 is 0. The van der Waals surface area contributed by atoms with Crippen LogP contribution in [0.1, 0.15) is 19.4 Å². The van der Waals surface area contributed by atoms with Gasteiger partial charge in [-0.15, -0.1) is 0 Å². The predicted octanol–water partition coefficient (Wildman–Crippen LogP) is 2.82. The minimum absolute atomic E-state index is 0.267. The molecular weight excluding hydrogens is 229 g/mol. The molecule has 0 aliphatic heterocycles. The van der Waals surface area contributed by atoms with Gasteiger partial charge < -0.3 is 5.32 Å². The Hall–Kier alpha value is -1.68. The minimum atomic E-state index is -0.267. The topological polar surface area (TPSA) is 29.9 Å². The smallest absolute Gasteiger partial charge is 0.219 e. The van der Waals surface area contributed by atoms with Crippen LogP contribution in [0.2, 0.25) is 0 Å². The molecule has 0 aliphatic carbocycles. The normalized spacial score (nSPS) is 10.8. The Morgan fingerprint density at radius 2 is 1.94 bits per heavy atom. The Morgan fingerprint density at radius 1 is 1.22 bits per heavy atom. The van der Waals surface area contributed by atoms with Crippen LogP contribution < -0.4 is 5.32 Å². The monoisotopic (exact) mass is 247 g/mol. The number of rotatable bonds is 5. The number of nitrogens with zero attached hydrogens (tertiary/aromatic N) is 2. The molecule has 2 rings (SSSR count). The molecule has 4 heteroatoms. The average molecular weight is 247 g/mol. The molecule has 1 aromatic heterocycles. The number of halogens is 1. The first-order valence-corrected chi connectivity index (χ1v) is 6.27. The van der Waals surface area contributed by atoms with Crippen molar-refractivity contribution in [3.63, 3.8) is 0 Å². The molecule has 0 spiro atoms. The lowest BCUT2D eigenvalue weighted by molar-refractivity contribution is 0.473.